The number of rotatable bonds is 2. The van der Waals surface area contributed by atoms with Crippen LogP contribution in [0.2, 0.25) is 0 Å². The number of fused-ring (bicyclic) bond motifs is 1. The summed E-state index contributed by atoms with van der Waals surface area (Å²) >= 11 is 3.62. The van der Waals surface area contributed by atoms with Gasteiger partial charge in [0, 0.05) is 4.47 Å². The van der Waals surface area contributed by atoms with Crippen LogP contribution in [0.4, 0.5) is 0 Å². The van der Waals surface area contributed by atoms with Crippen LogP contribution in [0.3, 0.4) is 0 Å². The molecule has 0 amide bonds. The summed E-state index contributed by atoms with van der Waals surface area (Å²) in [5.74, 6) is 0. The van der Waals surface area contributed by atoms with E-state index in [1.807, 2.05) is 0 Å². The Morgan fingerprint density at radius 1 is 0.565 bits per heavy atom. The normalized spacial score (nSPS) is 10.8. The van der Waals surface area contributed by atoms with Crippen LogP contribution in [0, 0.1) is 0 Å². The average molecular weight is 359 g/mol. The van der Waals surface area contributed by atoms with E-state index in [1.165, 1.54) is 33.0 Å². The Hall–Kier alpha value is -2.38. The van der Waals surface area contributed by atoms with Crippen LogP contribution in [0.15, 0.2) is 95.5 Å². The first-order valence-corrected chi connectivity index (χ1v) is 8.45. The molecule has 0 atom stereocenters. The molecule has 4 aromatic carbocycles. The number of benzene rings is 4. The molecule has 0 aromatic heterocycles. The Balaban J connectivity index is 2.11. The first kappa shape index (κ1) is 14.2. The molecule has 0 radical (unpaired) electrons. The zero-order valence-corrected chi connectivity index (χ0v) is 14.1. The van der Waals surface area contributed by atoms with Gasteiger partial charge in [-0.25, -0.2) is 0 Å². The van der Waals surface area contributed by atoms with Crippen molar-refractivity contribution in [3.05, 3.63) is 95.5 Å². The van der Waals surface area contributed by atoms with Gasteiger partial charge < -0.3 is 0 Å². The Kier molecular flexibility index (Phi) is 3.72. The smallest absolute Gasteiger partial charge is 0.0181 e. The van der Waals surface area contributed by atoms with Crippen LogP contribution in [0.25, 0.3) is 33.0 Å². The second-order valence-corrected chi connectivity index (χ2v) is 6.50. The quantitative estimate of drug-likeness (QED) is 0.364. The van der Waals surface area contributed by atoms with Gasteiger partial charge in [-0.1, -0.05) is 94.8 Å². The third-order valence-electron chi connectivity index (χ3n) is 4.13. The van der Waals surface area contributed by atoms with Crippen LogP contribution < -0.4 is 0 Å². The van der Waals surface area contributed by atoms with Gasteiger partial charge in [0.1, 0.15) is 0 Å². The Morgan fingerprint density at radius 3 is 1.87 bits per heavy atom. The van der Waals surface area contributed by atoms with Gasteiger partial charge in [0.15, 0.2) is 0 Å². The summed E-state index contributed by atoms with van der Waals surface area (Å²) in [6.07, 6.45) is 0. The second-order valence-electron chi connectivity index (χ2n) is 5.59. The maximum absolute atomic E-state index is 3.62. The van der Waals surface area contributed by atoms with Gasteiger partial charge in [0.05, 0.1) is 0 Å². The van der Waals surface area contributed by atoms with Gasteiger partial charge in [-0.3, -0.25) is 0 Å². The lowest BCUT2D eigenvalue weighted by Gasteiger charge is -2.14. The highest BCUT2D eigenvalue weighted by atomic mass is 79.9. The zero-order valence-electron chi connectivity index (χ0n) is 12.5. The van der Waals surface area contributed by atoms with Crippen molar-refractivity contribution in [2.45, 2.75) is 0 Å². The first-order valence-electron chi connectivity index (χ1n) is 7.66. The summed E-state index contributed by atoms with van der Waals surface area (Å²) in [5, 5.41) is 2.53. The molecule has 0 bridgehead atoms. The molecule has 0 nitrogen and oxygen atoms in total. The van der Waals surface area contributed by atoms with E-state index in [2.05, 4.69) is 107 Å². The minimum Gasteiger partial charge on any atom is -0.0622 e. The highest BCUT2D eigenvalue weighted by Crippen LogP contribution is 2.38. The van der Waals surface area contributed by atoms with E-state index in [-0.39, 0.29) is 0 Å². The molecule has 0 aliphatic heterocycles. The van der Waals surface area contributed by atoms with Crippen LogP contribution in [0.5, 0.6) is 0 Å². The molecule has 0 fully saturated rings. The standard InChI is InChI=1S/C22H15Br/c23-19-13-11-17-12-14-20(16-7-3-1-4-8-16)22(21(17)15-19)18-9-5-2-6-10-18/h1-15H. The third kappa shape index (κ3) is 2.69. The van der Waals surface area contributed by atoms with E-state index < -0.39 is 0 Å². The second kappa shape index (κ2) is 6.02. The molecular weight excluding hydrogens is 344 g/mol. The largest absolute Gasteiger partial charge is 0.0622 e. The molecule has 0 N–H and O–H groups in total. The van der Waals surface area contributed by atoms with Crippen molar-refractivity contribution >= 4 is 26.7 Å². The van der Waals surface area contributed by atoms with Crippen LogP contribution >= 0.6 is 15.9 Å². The average Bonchev–Trinajstić information content (AvgIpc) is 2.62. The lowest BCUT2D eigenvalue weighted by molar-refractivity contribution is 1.60. The van der Waals surface area contributed by atoms with Crippen molar-refractivity contribution in [1.29, 1.82) is 0 Å². The minimum absolute atomic E-state index is 1.10. The molecule has 1 heteroatoms. The van der Waals surface area contributed by atoms with Crippen LogP contribution in [-0.4, -0.2) is 0 Å². The van der Waals surface area contributed by atoms with Crippen molar-refractivity contribution in [2.24, 2.45) is 0 Å². The monoisotopic (exact) mass is 358 g/mol. The SMILES string of the molecule is Brc1ccc2ccc(-c3ccccc3)c(-c3ccccc3)c2c1. The number of hydrogen-bond donors (Lipinski definition) is 0. The number of hydrogen-bond acceptors (Lipinski definition) is 0. The van der Waals surface area contributed by atoms with Crippen molar-refractivity contribution in [2.75, 3.05) is 0 Å². The van der Waals surface area contributed by atoms with Crippen molar-refractivity contribution in [3.8, 4) is 22.3 Å². The summed E-state index contributed by atoms with van der Waals surface area (Å²) < 4.78 is 1.10. The Labute approximate surface area is 144 Å². The molecule has 4 aromatic rings. The number of halogens is 1. The summed E-state index contributed by atoms with van der Waals surface area (Å²) in [6.45, 7) is 0. The molecule has 0 aliphatic rings. The van der Waals surface area contributed by atoms with E-state index in [0.29, 0.717) is 0 Å². The first-order chi connectivity index (χ1) is 11.3. The van der Waals surface area contributed by atoms with E-state index in [0.717, 1.165) is 4.47 Å². The third-order valence-corrected chi connectivity index (χ3v) is 4.62. The fourth-order valence-electron chi connectivity index (χ4n) is 3.07. The fraction of sp³-hybridized carbons (Fsp3) is 0. The summed E-state index contributed by atoms with van der Waals surface area (Å²) in [5.41, 5.74) is 5.04. The Bertz CT molecular complexity index is 957. The molecule has 0 saturated carbocycles. The highest BCUT2D eigenvalue weighted by Gasteiger charge is 2.11. The highest BCUT2D eigenvalue weighted by molar-refractivity contribution is 9.10. The molecular formula is C22H15Br. The van der Waals surface area contributed by atoms with Crippen molar-refractivity contribution in [3.63, 3.8) is 0 Å². The summed E-state index contributed by atoms with van der Waals surface area (Å²) in [6, 6.07) is 32.1. The Morgan fingerprint density at radius 2 is 1.17 bits per heavy atom. The van der Waals surface area contributed by atoms with Gasteiger partial charge in [0.2, 0.25) is 0 Å². The predicted molar refractivity (Wildman–Crippen MR) is 103 cm³/mol. The van der Waals surface area contributed by atoms with E-state index in [4.69, 9.17) is 0 Å². The lowest BCUT2D eigenvalue weighted by atomic mass is 9.90. The van der Waals surface area contributed by atoms with E-state index >= 15 is 0 Å². The molecule has 23 heavy (non-hydrogen) atoms. The molecule has 0 aliphatic carbocycles. The molecule has 0 spiro atoms. The summed E-state index contributed by atoms with van der Waals surface area (Å²) in [4.78, 5) is 0. The van der Waals surface area contributed by atoms with Gasteiger partial charge >= 0.3 is 0 Å². The predicted octanol–water partition coefficient (Wildman–Crippen LogP) is 6.94. The van der Waals surface area contributed by atoms with Crippen LogP contribution in [0.1, 0.15) is 0 Å². The molecule has 0 unspecified atom stereocenters. The lowest BCUT2D eigenvalue weighted by Crippen LogP contribution is -1.88. The van der Waals surface area contributed by atoms with E-state index in [1.54, 1.807) is 0 Å². The molecule has 4 rings (SSSR count). The van der Waals surface area contributed by atoms with Crippen LogP contribution in [-0.2, 0) is 0 Å². The van der Waals surface area contributed by atoms with Gasteiger partial charge in [-0.05, 0) is 45.2 Å². The molecule has 0 saturated heterocycles. The maximum Gasteiger partial charge on any atom is 0.0181 e. The summed E-state index contributed by atoms with van der Waals surface area (Å²) in [7, 11) is 0. The van der Waals surface area contributed by atoms with E-state index in [9.17, 15) is 0 Å². The molecule has 110 valence electrons. The topological polar surface area (TPSA) is 0 Å². The molecule has 0 heterocycles. The zero-order chi connectivity index (χ0) is 15.6. The van der Waals surface area contributed by atoms with Crippen molar-refractivity contribution < 1.29 is 0 Å². The van der Waals surface area contributed by atoms with Gasteiger partial charge in [0.25, 0.3) is 0 Å². The minimum atomic E-state index is 1.10. The maximum atomic E-state index is 3.62. The van der Waals surface area contributed by atoms with Crippen molar-refractivity contribution in [1.82, 2.24) is 0 Å². The van der Waals surface area contributed by atoms with Gasteiger partial charge in [-0.15, -0.1) is 0 Å². The van der Waals surface area contributed by atoms with Gasteiger partial charge in [-0.2, -0.15) is 0 Å². The fourth-order valence-corrected chi connectivity index (χ4v) is 3.43.